The van der Waals surface area contributed by atoms with Gasteiger partial charge in [-0.2, -0.15) is 4.98 Å². The molecular weight excluding hydrogens is 276 g/mol. The molecule has 0 aromatic carbocycles. The average Bonchev–Trinajstić information content (AvgIpc) is 2.98. The number of thiazole rings is 1. The third-order valence-corrected chi connectivity index (χ3v) is 4.71. The number of hydrogen-bond donors (Lipinski definition) is 2. The van der Waals surface area contributed by atoms with Crippen molar-refractivity contribution in [2.45, 2.75) is 52.4 Å². The largest absolute Gasteiger partial charge is 0.281 e. The Morgan fingerprint density at radius 3 is 2.42 bits per heavy atom. The van der Waals surface area contributed by atoms with Crippen LogP contribution >= 0.6 is 23.6 Å². The summed E-state index contributed by atoms with van der Waals surface area (Å²) in [5.41, 5.74) is 1.15. The highest BCUT2D eigenvalue weighted by atomic mass is 32.1. The fraction of sp³-hybridized carbons (Fsp3) is 0.615. The smallest absolute Gasteiger partial charge is 0.213 e. The van der Waals surface area contributed by atoms with E-state index in [1.54, 1.807) is 11.3 Å². The molecule has 0 saturated carbocycles. The molecule has 2 aromatic rings. The Kier molecular flexibility index (Phi) is 4.87. The van der Waals surface area contributed by atoms with Crippen LogP contribution in [0.5, 0.6) is 0 Å². The molecule has 0 aliphatic carbocycles. The highest BCUT2D eigenvalue weighted by Crippen LogP contribution is 2.34. The van der Waals surface area contributed by atoms with Crippen LogP contribution in [0.25, 0.3) is 10.7 Å². The summed E-state index contributed by atoms with van der Waals surface area (Å²) in [5.74, 6) is 1.37. The van der Waals surface area contributed by atoms with E-state index in [9.17, 15) is 0 Å². The van der Waals surface area contributed by atoms with Crippen LogP contribution in [-0.4, -0.2) is 20.2 Å². The van der Waals surface area contributed by atoms with Gasteiger partial charge in [0.25, 0.3) is 0 Å². The first-order valence-electron chi connectivity index (χ1n) is 6.84. The minimum atomic E-state index is 0.495. The second-order valence-corrected chi connectivity index (χ2v) is 6.02. The van der Waals surface area contributed by atoms with Crippen molar-refractivity contribution in [2.24, 2.45) is 0 Å². The van der Waals surface area contributed by atoms with Crippen LogP contribution in [0.1, 0.15) is 56.7 Å². The molecule has 2 rings (SSSR count). The molecule has 0 aliphatic heterocycles. The highest BCUT2D eigenvalue weighted by molar-refractivity contribution is 7.71. The maximum atomic E-state index is 5.03. The van der Waals surface area contributed by atoms with Crippen LogP contribution in [-0.2, 0) is 6.42 Å². The van der Waals surface area contributed by atoms with Gasteiger partial charge in [0.15, 0.2) is 5.82 Å². The van der Waals surface area contributed by atoms with Crippen molar-refractivity contribution in [1.29, 1.82) is 0 Å². The van der Waals surface area contributed by atoms with Crippen molar-refractivity contribution in [3.05, 3.63) is 15.5 Å². The van der Waals surface area contributed by atoms with Crippen LogP contribution in [0.3, 0.4) is 0 Å². The monoisotopic (exact) mass is 296 g/mol. The van der Waals surface area contributed by atoms with Crippen molar-refractivity contribution >= 4 is 23.6 Å². The summed E-state index contributed by atoms with van der Waals surface area (Å²) in [6.07, 6.45) is 4.33. The second-order valence-electron chi connectivity index (χ2n) is 4.61. The van der Waals surface area contributed by atoms with Gasteiger partial charge in [-0.25, -0.2) is 4.98 Å². The number of hydrogen-bond acceptors (Lipinski definition) is 4. The van der Waals surface area contributed by atoms with Gasteiger partial charge in [0.1, 0.15) is 0 Å². The number of aromatic amines is 2. The lowest BCUT2D eigenvalue weighted by Crippen LogP contribution is -1.95. The van der Waals surface area contributed by atoms with Gasteiger partial charge in [0, 0.05) is 5.92 Å². The third-order valence-electron chi connectivity index (χ3n) is 3.25. The second kappa shape index (κ2) is 6.43. The molecule has 19 heavy (non-hydrogen) atoms. The van der Waals surface area contributed by atoms with Crippen molar-refractivity contribution < 1.29 is 0 Å². The van der Waals surface area contributed by atoms with Crippen LogP contribution in [0.2, 0.25) is 0 Å². The van der Waals surface area contributed by atoms with E-state index in [2.05, 4.69) is 36.0 Å². The van der Waals surface area contributed by atoms with Crippen molar-refractivity contribution in [1.82, 2.24) is 20.2 Å². The van der Waals surface area contributed by atoms with E-state index in [0.29, 0.717) is 10.7 Å². The molecule has 4 nitrogen and oxygen atoms in total. The number of nitrogens with one attached hydrogen (secondary N) is 2. The van der Waals surface area contributed by atoms with E-state index in [1.807, 2.05) is 0 Å². The third kappa shape index (κ3) is 3.12. The first-order valence-corrected chi connectivity index (χ1v) is 8.06. The fourth-order valence-electron chi connectivity index (χ4n) is 2.15. The Hall–Kier alpha value is -1.01. The molecule has 0 bridgehead atoms. The molecule has 0 spiro atoms. The van der Waals surface area contributed by atoms with Gasteiger partial charge in [-0.05, 0) is 31.5 Å². The molecule has 0 atom stereocenters. The number of nitrogens with zero attached hydrogens (tertiary/aromatic N) is 2. The Morgan fingerprint density at radius 2 is 1.89 bits per heavy atom. The topological polar surface area (TPSA) is 57.4 Å². The Balaban J connectivity index is 2.43. The summed E-state index contributed by atoms with van der Waals surface area (Å²) in [4.78, 5) is 10.3. The summed E-state index contributed by atoms with van der Waals surface area (Å²) < 4.78 is 0.495. The van der Waals surface area contributed by atoms with E-state index >= 15 is 0 Å². The zero-order valence-electron chi connectivity index (χ0n) is 11.6. The lowest BCUT2D eigenvalue weighted by atomic mass is 10.1. The lowest BCUT2D eigenvalue weighted by molar-refractivity contribution is 0.634. The Labute approximate surface area is 122 Å². The van der Waals surface area contributed by atoms with Crippen molar-refractivity contribution in [2.75, 3.05) is 0 Å². The average molecular weight is 296 g/mol. The summed E-state index contributed by atoms with van der Waals surface area (Å²) in [6, 6.07) is 0. The molecule has 0 unspecified atom stereocenters. The summed E-state index contributed by atoms with van der Waals surface area (Å²) in [5, 5.41) is 7.13. The molecule has 2 aromatic heterocycles. The number of rotatable bonds is 6. The molecular formula is C13H20N4S2. The SMILES string of the molecule is CCCc1nc(C(CC)CC)sc1-c1nc(=S)[nH][nH]1. The molecule has 0 fully saturated rings. The molecule has 2 heterocycles. The highest BCUT2D eigenvalue weighted by Gasteiger charge is 2.19. The lowest BCUT2D eigenvalue weighted by Gasteiger charge is -2.06. The minimum absolute atomic E-state index is 0.495. The molecule has 0 aliphatic rings. The van der Waals surface area contributed by atoms with Crippen molar-refractivity contribution in [3.8, 4) is 10.7 Å². The van der Waals surface area contributed by atoms with Crippen molar-refractivity contribution in [3.63, 3.8) is 0 Å². The Morgan fingerprint density at radius 1 is 1.16 bits per heavy atom. The zero-order valence-corrected chi connectivity index (χ0v) is 13.2. The number of H-pyrrole nitrogens is 2. The zero-order chi connectivity index (χ0) is 13.8. The number of aromatic nitrogens is 4. The van der Waals surface area contributed by atoms with Gasteiger partial charge in [-0.1, -0.05) is 27.2 Å². The van der Waals surface area contributed by atoms with Gasteiger partial charge in [-0.15, -0.1) is 11.3 Å². The van der Waals surface area contributed by atoms with E-state index in [1.165, 1.54) is 5.01 Å². The van der Waals surface area contributed by atoms with Gasteiger partial charge in [0.2, 0.25) is 4.77 Å². The fourth-order valence-corrected chi connectivity index (χ4v) is 3.62. The first-order chi connectivity index (χ1) is 9.19. The Bertz CT molecular complexity index is 577. The summed E-state index contributed by atoms with van der Waals surface area (Å²) >= 11 is 6.78. The molecule has 0 saturated heterocycles. The quantitative estimate of drug-likeness (QED) is 0.774. The van der Waals surface area contributed by atoms with E-state index < -0.39 is 0 Å². The van der Waals surface area contributed by atoms with Gasteiger partial charge in [0.05, 0.1) is 15.6 Å². The standard InChI is InChI=1S/C13H20N4S2/c1-4-7-9-10(11-15-13(18)17-16-11)19-12(14-9)8(5-2)6-3/h8H,4-7H2,1-3H3,(H2,15,16,17,18). The van der Waals surface area contributed by atoms with E-state index in [0.717, 1.165) is 42.1 Å². The molecule has 2 N–H and O–H groups in total. The molecule has 104 valence electrons. The summed E-state index contributed by atoms with van der Waals surface area (Å²) in [6.45, 7) is 6.61. The van der Waals surface area contributed by atoms with E-state index in [-0.39, 0.29) is 0 Å². The number of aryl methyl sites for hydroxylation is 1. The predicted molar refractivity (Wildman–Crippen MR) is 82.2 cm³/mol. The predicted octanol–water partition coefficient (Wildman–Crippen LogP) is 4.45. The molecule has 6 heteroatoms. The normalized spacial score (nSPS) is 11.4. The maximum Gasteiger partial charge on any atom is 0.213 e. The van der Waals surface area contributed by atoms with Crippen LogP contribution in [0, 0.1) is 4.77 Å². The van der Waals surface area contributed by atoms with Gasteiger partial charge >= 0.3 is 0 Å². The van der Waals surface area contributed by atoms with Crippen LogP contribution < -0.4 is 0 Å². The van der Waals surface area contributed by atoms with Crippen LogP contribution in [0.4, 0.5) is 0 Å². The molecule has 0 amide bonds. The minimum Gasteiger partial charge on any atom is -0.281 e. The van der Waals surface area contributed by atoms with Gasteiger partial charge in [-0.3, -0.25) is 10.2 Å². The molecule has 0 radical (unpaired) electrons. The van der Waals surface area contributed by atoms with Gasteiger partial charge < -0.3 is 0 Å². The van der Waals surface area contributed by atoms with E-state index in [4.69, 9.17) is 17.2 Å². The first kappa shape index (κ1) is 14.4. The summed E-state index contributed by atoms with van der Waals surface area (Å²) in [7, 11) is 0. The van der Waals surface area contributed by atoms with Crippen LogP contribution in [0.15, 0.2) is 0 Å². The maximum absolute atomic E-state index is 5.03.